The molecule has 0 fully saturated rings. The first kappa shape index (κ1) is 17.9. The van der Waals surface area contributed by atoms with Gasteiger partial charge in [0.05, 0.1) is 12.7 Å². The fourth-order valence-electron chi connectivity index (χ4n) is 3.02. The van der Waals surface area contributed by atoms with Crippen LogP contribution in [0.25, 0.3) is 11.1 Å². The highest BCUT2D eigenvalue weighted by Gasteiger charge is 2.12. The monoisotopic (exact) mass is 396 g/mol. The van der Waals surface area contributed by atoms with Gasteiger partial charge in [-0.15, -0.1) is 0 Å². The van der Waals surface area contributed by atoms with E-state index in [-0.39, 0.29) is 6.61 Å². The molecule has 3 aromatic carbocycles. The van der Waals surface area contributed by atoms with Crippen LogP contribution in [0, 0.1) is 6.92 Å². The molecule has 3 rings (SSSR count). The van der Waals surface area contributed by atoms with Crippen LogP contribution in [0.5, 0.6) is 0 Å². The van der Waals surface area contributed by atoms with Crippen molar-refractivity contribution in [3.8, 4) is 11.1 Å². The van der Waals surface area contributed by atoms with Crippen molar-refractivity contribution in [2.75, 3.05) is 0 Å². The van der Waals surface area contributed by atoms with Crippen LogP contribution in [0.15, 0.2) is 71.2 Å². The predicted molar refractivity (Wildman–Crippen MR) is 105 cm³/mol. The van der Waals surface area contributed by atoms with Gasteiger partial charge in [-0.25, -0.2) is 0 Å². The number of aryl methyl sites for hydroxylation is 1. The van der Waals surface area contributed by atoms with Gasteiger partial charge < -0.3 is 10.2 Å². The van der Waals surface area contributed by atoms with Gasteiger partial charge in [-0.1, -0.05) is 70.0 Å². The Labute approximate surface area is 156 Å². The molecule has 2 N–H and O–H groups in total. The molecule has 25 heavy (non-hydrogen) atoms. The van der Waals surface area contributed by atoms with E-state index in [9.17, 15) is 10.2 Å². The summed E-state index contributed by atoms with van der Waals surface area (Å²) in [6, 6.07) is 22.1. The molecule has 0 amide bonds. The molecular formula is C22H21BrO2. The smallest absolute Gasteiger partial charge is 0.0830 e. The van der Waals surface area contributed by atoms with E-state index in [1.165, 1.54) is 5.56 Å². The normalized spacial score (nSPS) is 12.2. The van der Waals surface area contributed by atoms with Crippen LogP contribution in [0.4, 0.5) is 0 Å². The highest BCUT2D eigenvalue weighted by molar-refractivity contribution is 9.10. The van der Waals surface area contributed by atoms with Crippen LogP contribution in [0.2, 0.25) is 0 Å². The molecule has 0 radical (unpaired) electrons. The third-order valence-corrected chi connectivity index (χ3v) is 4.87. The lowest BCUT2D eigenvalue weighted by molar-refractivity contribution is 0.177. The molecule has 0 aliphatic carbocycles. The highest BCUT2D eigenvalue weighted by Crippen LogP contribution is 2.27. The zero-order chi connectivity index (χ0) is 17.8. The molecule has 128 valence electrons. The summed E-state index contributed by atoms with van der Waals surface area (Å²) in [5.74, 6) is 0. The largest absolute Gasteiger partial charge is 0.392 e. The molecule has 0 aliphatic rings. The second kappa shape index (κ2) is 7.96. The Morgan fingerprint density at radius 1 is 0.880 bits per heavy atom. The van der Waals surface area contributed by atoms with Crippen LogP contribution in [0.1, 0.15) is 28.4 Å². The lowest BCUT2D eigenvalue weighted by Crippen LogP contribution is -2.05. The molecule has 0 heterocycles. The number of hydrogen-bond acceptors (Lipinski definition) is 2. The predicted octanol–water partition coefficient (Wildman–Crippen LogP) is 5.19. The summed E-state index contributed by atoms with van der Waals surface area (Å²) >= 11 is 3.42. The molecule has 3 aromatic rings. The van der Waals surface area contributed by atoms with E-state index in [2.05, 4.69) is 47.1 Å². The van der Waals surface area contributed by atoms with Crippen molar-refractivity contribution in [1.29, 1.82) is 0 Å². The fourth-order valence-corrected chi connectivity index (χ4v) is 3.43. The summed E-state index contributed by atoms with van der Waals surface area (Å²) in [5, 5.41) is 20.2. The molecule has 0 aromatic heterocycles. The van der Waals surface area contributed by atoms with Crippen LogP contribution < -0.4 is 0 Å². The van der Waals surface area contributed by atoms with E-state index in [0.717, 1.165) is 32.3 Å². The van der Waals surface area contributed by atoms with Crippen molar-refractivity contribution in [3.05, 3.63) is 93.5 Å². The van der Waals surface area contributed by atoms with Crippen molar-refractivity contribution in [1.82, 2.24) is 0 Å². The standard InChI is InChI=1S/C22H21BrO2/c1-15-4-2-5-16(10-15)17-6-3-7-19(11-17)22(25)13-18-8-9-21(23)12-20(18)14-24/h2-12,22,24-25H,13-14H2,1H3. The Hall–Kier alpha value is -1.94. The van der Waals surface area contributed by atoms with Crippen molar-refractivity contribution >= 4 is 15.9 Å². The van der Waals surface area contributed by atoms with E-state index >= 15 is 0 Å². The van der Waals surface area contributed by atoms with E-state index in [0.29, 0.717) is 6.42 Å². The van der Waals surface area contributed by atoms with Gasteiger partial charge in [0, 0.05) is 10.9 Å². The van der Waals surface area contributed by atoms with Gasteiger partial charge in [-0.2, -0.15) is 0 Å². The molecule has 3 heteroatoms. The van der Waals surface area contributed by atoms with E-state index in [1.54, 1.807) is 0 Å². The van der Waals surface area contributed by atoms with Gasteiger partial charge in [0.1, 0.15) is 0 Å². The van der Waals surface area contributed by atoms with Gasteiger partial charge in [-0.3, -0.25) is 0 Å². The Balaban J connectivity index is 1.86. The van der Waals surface area contributed by atoms with Gasteiger partial charge in [0.15, 0.2) is 0 Å². The average Bonchev–Trinajstić information content (AvgIpc) is 2.63. The SMILES string of the molecule is Cc1cccc(-c2cccc(C(O)Cc3ccc(Br)cc3CO)c2)c1. The lowest BCUT2D eigenvalue weighted by Gasteiger charge is -2.15. The molecule has 0 aliphatic heterocycles. The molecule has 0 saturated heterocycles. The molecule has 1 atom stereocenters. The zero-order valence-electron chi connectivity index (χ0n) is 14.1. The summed E-state index contributed by atoms with van der Waals surface area (Å²) in [7, 11) is 0. The summed E-state index contributed by atoms with van der Waals surface area (Å²) in [4.78, 5) is 0. The summed E-state index contributed by atoms with van der Waals surface area (Å²) in [6.45, 7) is 2.04. The van der Waals surface area contributed by atoms with Gasteiger partial charge in [0.25, 0.3) is 0 Å². The molecule has 0 spiro atoms. The molecule has 2 nitrogen and oxygen atoms in total. The minimum Gasteiger partial charge on any atom is -0.392 e. The van der Waals surface area contributed by atoms with Crippen LogP contribution in [0.3, 0.4) is 0 Å². The molecule has 0 saturated carbocycles. The summed E-state index contributed by atoms with van der Waals surface area (Å²) in [6.07, 6.45) is -0.142. The minimum atomic E-state index is -0.615. The summed E-state index contributed by atoms with van der Waals surface area (Å²) in [5.41, 5.74) is 6.13. The van der Waals surface area contributed by atoms with Crippen LogP contribution in [-0.2, 0) is 13.0 Å². The average molecular weight is 397 g/mol. The maximum Gasteiger partial charge on any atom is 0.0830 e. The van der Waals surface area contributed by atoms with Crippen LogP contribution in [-0.4, -0.2) is 10.2 Å². The molecular weight excluding hydrogens is 376 g/mol. The first-order valence-electron chi connectivity index (χ1n) is 8.30. The second-order valence-corrected chi connectivity index (χ2v) is 7.20. The van der Waals surface area contributed by atoms with Crippen molar-refractivity contribution in [2.45, 2.75) is 26.1 Å². The Morgan fingerprint density at radius 3 is 2.32 bits per heavy atom. The number of aliphatic hydroxyl groups excluding tert-OH is 2. The Kier molecular flexibility index (Phi) is 5.69. The van der Waals surface area contributed by atoms with Gasteiger partial charge >= 0.3 is 0 Å². The molecule has 1 unspecified atom stereocenters. The number of benzene rings is 3. The first-order valence-corrected chi connectivity index (χ1v) is 9.09. The van der Waals surface area contributed by atoms with Crippen molar-refractivity contribution in [3.63, 3.8) is 0 Å². The van der Waals surface area contributed by atoms with Crippen molar-refractivity contribution < 1.29 is 10.2 Å². The lowest BCUT2D eigenvalue weighted by atomic mass is 9.95. The number of hydrogen-bond donors (Lipinski definition) is 2. The topological polar surface area (TPSA) is 40.5 Å². The first-order chi connectivity index (χ1) is 12.1. The maximum atomic E-state index is 10.7. The van der Waals surface area contributed by atoms with Crippen LogP contribution >= 0.6 is 15.9 Å². The van der Waals surface area contributed by atoms with Crippen molar-refractivity contribution in [2.24, 2.45) is 0 Å². The fraction of sp³-hybridized carbons (Fsp3) is 0.182. The summed E-state index contributed by atoms with van der Waals surface area (Å²) < 4.78 is 0.927. The minimum absolute atomic E-state index is 0.0369. The zero-order valence-corrected chi connectivity index (χ0v) is 15.7. The number of halogens is 1. The highest BCUT2D eigenvalue weighted by atomic mass is 79.9. The third kappa shape index (κ3) is 4.37. The van der Waals surface area contributed by atoms with E-state index in [4.69, 9.17) is 0 Å². The second-order valence-electron chi connectivity index (χ2n) is 6.29. The van der Waals surface area contributed by atoms with E-state index in [1.807, 2.05) is 42.5 Å². The van der Waals surface area contributed by atoms with Gasteiger partial charge in [0.2, 0.25) is 0 Å². The number of rotatable bonds is 5. The maximum absolute atomic E-state index is 10.7. The third-order valence-electron chi connectivity index (χ3n) is 4.37. The van der Waals surface area contributed by atoms with E-state index < -0.39 is 6.10 Å². The Bertz CT molecular complexity index is 873. The molecule has 0 bridgehead atoms. The number of aliphatic hydroxyl groups is 2. The van der Waals surface area contributed by atoms with Gasteiger partial charge in [-0.05, 0) is 52.9 Å². The Morgan fingerprint density at radius 2 is 1.60 bits per heavy atom. The quantitative estimate of drug-likeness (QED) is 0.622.